The molecule has 37 heavy (non-hydrogen) atoms. The van der Waals surface area contributed by atoms with Gasteiger partial charge in [0, 0.05) is 40.3 Å². The van der Waals surface area contributed by atoms with E-state index in [4.69, 9.17) is 0 Å². The van der Waals surface area contributed by atoms with E-state index < -0.39 is 30.0 Å². The molecule has 0 bridgehead atoms. The van der Waals surface area contributed by atoms with Crippen LogP contribution in [-0.2, 0) is 17.6 Å². The zero-order chi connectivity index (χ0) is 26.5. The molecule has 3 aromatic rings. The highest BCUT2D eigenvalue weighted by atomic mass is 32.1. The predicted molar refractivity (Wildman–Crippen MR) is 127 cm³/mol. The van der Waals surface area contributed by atoms with Crippen molar-refractivity contribution < 1.29 is 31.5 Å². The summed E-state index contributed by atoms with van der Waals surface area (Å²) in [4.78, 5) is 16.9. The third kappa shape index (κ3) is 5.03. The molecule has 0 saturated heterocycles. The number of ether oxygens (including phenoxy) is 1. The van der Waals surface area contributed by atoms with Crippen LogP contribution in [0.5, 0.6) is 5.75 Å². The molecule has 12 heteroatoms. The number of nitrogens with zero attached hydrogens (tertiary/aromatic N) is 3. The standard InChI is InChI=1S/C25H23F5N4O2S/c1-25(9-15(37)10-25)32-23(35)12-2-4-16-20(6-12)34(22-19(28)7-13(26)11-31-22)33-21(16)17-8-14(36-24(29)30)3-5-18(17)27/h3,5,7-8,11-12,15,24,37H,2,4,6,9-10H2,1H3,(H,32,35). The normalized spacial score (nSPS) is 22.9. The van der Waals surface area contributed by atoms with Crippen LogP contribution in [0.25, 0.3) is 17.1 Å². The Labute approximate surface area is 214 Å². The van der Waals surface area contributed by atoms with Gasteiger partial charge in [-0.3, -0.25) is 4.79 Å². The maximum atomic E-state index is 14.9. The van der Waals surface area contributed by atoms with E-state index in [1.54, 1.807) is 0 Å². The number of alkyl halides is 2. The topological polar surface area (TPSA) is 69.0 Å². The van der Waals surface area contributed by atoms with Crippen LogP contribution in [0, 0.1) is 23.4 Å². The molecule has 0 radical (unpaired) electrons. The Morgan fingerprint density at radius 1 is 1.22 bits per heavy atom. The number of carbonyl (C=O) groups is 1. The Bertz CT molecular complexity index is 1360. The summed E-state index contributed by atoms with van der Waals surface area (Å²) < 4.78 is 74.2. The number of hydrogen-bond donors (Lipinski definition) is 2. The lowest BCUT2D eigenvalue weighted by Crippen LogP contribution is -2.57. The highest BCUT2D eigenvalue weighted by Crippen LogP contribution is 2.39. The molecule has 1 fully saturated rings. The van der Waals surface area contributed by atoms with Gasteiger partial charge >= 0.3 is 6.61 Å². The third-order valence-electron chi connectivity index (χ3n) is 6.85. The first-order chi connectivity index (χ1) is 17.5. The molecule has 1 amide bonds. The molecule has 1 aromatic carbocycles. The van der Waals surface area contributed by atoms with Crippen LogP contribution >= 0.6 is 12.6 Å². The summed E-state index contributed by atoms with van der Waals surface area (Å²) >= 11 is 4.41. The number of aromatic nitrogens is 3. The molecular formula is C25H23F5N4O2S. The first kappa shape index (κ1) is 25.5. The van der Waals surface area contributed by atoms with Crippen LogP contribution in [0.2, 0.25) is 0 Å². The van der Waals surface area contributed by atoms with Crippen LogP contribution in [-0.4, -0.2) is 38.1 Å². The molecule has 2 heterocycles. The summed E-state index contributed by atoms with van der Waals surface area (Å²) in [5.41, 5.74) is 0.535. The van der Waals surface area contributed by atoms with Crippen molar-refractivity contribution >= 4 is 18.5 Å². The van der Waals surface area contributed by atoms with Gasteiger partial charge in [0.25, 0.3) is 0 Å². The van der Waals surface area contributed by atoms with Crippen LogP contribution in [0.3, 0.4) is 0 Å². The number of carbonyl (C=O) groups excluding carboxylic acids is 1. The second kappa shape index (κ2) is 9.62. The van der Waals surface area contributed by atoms with Crippen molar-refractivity contribution in [2.24, 2.45) is 5.92 Å². The Hall–Kier alpha value is -3.15. The first-order valence-electron chi connectivity index (χ1n) is 11.7. The van der Waals surface area contributed by atoms with Gasteiger partial charge in [0.2, 0.25) is 5.91 Å². The molecule has 2 aromatic heterocycles. The molecule has 196 valence electrons. The van der Waals surface area contributed by atoms with E-state index in [9.17, 15) is 26.7 Å². The maximum Gasteiger partial charge on any atom is 0.387 e. The summed E-state index contributed by atoms with van der Waals surface area (Å²) in [7, 11) is 0. The second-order valence-corrected chi connectivity index (χ2v) is 10.4. The number of fused-ring (bicyclic) bond motifs is 1. The fourth-order valence-corrected chi connectivity index (χ4v) is 5.94. The van der Waals surface area contributed by atoms with Crippen molar-refractivity contribution in [2.75, 3.05) is 0 Å². The summed E-state index contributed by atoms with van der Waals surface area (Å²) in [6, 6.07) is 3.77. The van der Waals surface area contributed by atoms with Gasteiger partial charge in [-0.25, -0.2) is 22.8 Å². The van der Waals surface area contributed by atoms with E-state index in [1.807, 2.05) is 6.92 Å². The van der Waals surface area contributed by atoms with Crippen molar-refractivity contribution in [2.45, 2.75) is 56.4 Å². The minimum atomic E-state index is -3.11. The predicted octanol–water partition coefficient (Wildman–Crippen LogP) is 5.03. The van der Waals surface area contributed by atoms with Crippen LogP contribution in [0.15, 0.2) is 30.5 Å². The lowest BCUT2D eigenvalue weighted by atomic mass is 9.77. The van der Waals surface area contributed by atoms with Crippen molar-refractivity contribution in [3.05, 3.63) is 59.2 Å². The number of thiol groups is 1. The van der Waals surface area contributed by atoms with Crippen LogP contribution in [0.4, 0.5) is 22.0 Å². The summed E-state index contributed by atoms with van der Waals surface area (Å²) in [5, 5.41) is 7.67. The third-order valence-corrected chi connectivity index (χ3v) is 7.21. The largest absolute Gasteiger partial charge is 0.435 e. The maximum absolute atomic E-state index is 14.9. The van der Waals surface area contributed by atoms with Gasteiger partial charge in [0.05, 0.1) is 17.6 Å². The van der Waals surface area contributed by atoms with Gasteiger partial charge < -0.3 is 10.1 Å². The molecule has 1 saturated carbocycles. The fourth-order valence-electron chi connectivity index (χ4n) is 5.13. The molecule has 0 aliphatic heterocycles. The zero-order valence-electron chi connectivity index (χ0n) is 19.6. The van der Waals surface area contributed by atoms with Gasteiger partial charge in [-0.1, -0.05) is 0 Å². The van der Waals surface area contributed by atoms with E-state index >= 15 is 0 Å². The van der Waals surface area contributed by atoms with E-state index in [0.29, 0.717) is 23.7 Å². The number of nitrogens with one attached hydrogen (secondary N) is 1. The number of hydrogen-bond acceptors (Lipinski definition) is 5. The molecule has 5 rings (SSSR count). The quantitative estimate of drug-likeness (QED) is 0.342. The highest BCUT2D eigenvalue weighted by Gasteiger charge is 2.41. The Morgan fingerprint density at radius 3 is 2.65 bits per heavy atom. The summed E-state index contributed by atoms with van der Waals surface area (Å²) in [6.45, 7) is -1.17. The Balaban J connectivity index is 1.56. The molecule has 2 aliphatic carbocycles. The Morgan fingerprint density at radius 2 is 1.97 bits per heavy atom. The zero-order valence-corrected chi connectivity index (χ0v) is 20.5. The molecule has 1 N–H and O–H groups in total. The molecule has 0 spiro atoms. The SMILES string of the molecule is CC1(NC(=O)C2CCc3c(-c4cc(OC(F)F)ccc4F)nn(-c4ncc(F)cc4F)c3C2)CC(S)C1. The smallest absolute Gasteiger partial charge is 0.387 e. The van der Waals surface area contributed by atoms with Gasteiger partial charge in [-0.05, 0) is 50.8 Å². The van der Waals surface area contributed by atoms with Crippen molar-refractivity contribution in [3.63, 3.8) is 0 Å². The van der Waals surface area contributed by atoms with Gasteiger partial charge in [0.1, 0.15) is 17.4 Å². The molecule has 2 aliphatic rings. The van der Waals surface area contributed by atoms with E-state index in [0.717, 1.165) is 41.9 Å². The number of benzene rings is 1. The molecule has 1 unspecified atom stereocenters. The average molecular weight is 539 g/mol. The molecular weight excluding hydrogens is 515 g/mol. The average Bonchev–Trinajstić information content (AvgIpc) is 3.17. The van der Waals surface area contributed by atoms with Crippen molar-refractivity contribution in [1.29, 1.82) is 0 Å². The summed E-state index contributed by atoms with van der Waals surface area (Å²) in [5.74, 6) is -3.89. The van der Waals surface area contributed by atoms with Crippen LogP contribution < -0.4 is 10.1 Å². The Kier molecular flexibility index (Phi) is 6.63. The van der Waals surface area contributed by atoms with E-state index in [2.05, 4.69) is 32.8 Å². The van der Waals surface area contributed by atoms with E-state index in [1.165, 1.54) is 0 Å². The fraction of sp³-hybridized carbons (Fsp3) is 0.400. The lowest BCUT2D eigenvalue weighted by Gasteiger charge is -2.44. The minimum Gasteiger partial charge on any atom is -0.435 e. The van der Waals surface area contributed by atoms with Crippen molar-refractivity contribution in [3.8, 4) is 22.8 Å². The summed E-state index contributed by atoms with van der Waals surface area (Å²) in [6.07, 6.45) is 3.14. The monoisotopic (exact) mass is 538 g/mol. The number of pyridine rings is 1. The molecule has 1 atom stereocenters. The number of amides is 1. The van der Waals surface area contributed by atoms with Gasteiger partial charge in [-0.15, -0.1) is 0 Å². The first-order valence-corrected chi connectivity index (χ1v) is 12.2. The lowest BCUT2D eigenvalue weighted by molar-refractivity contribution is -0.128. The van der Waals surface area contributed by atoms with Crippen molar-refractivity contribution in [1.82, 2.24) is 20.1 Å². The molecule has 6 nitrogen and oxygen atoms in total. The van der Waals surface area contributed by atoms with Gasteiger partial charge in [0.15, 0.2) is 11.6 Å². The second-order valence-electron chi connectivity index (χ2n) is 9.72. The van der Waals surface area contributed by atoms with Gasteiger partial charge in [-0.2, -0.15) is 26.5 Å². The number of rotatable bonds is 6. The minimum absolute atomic E-state index is 0.0838. The highest BCUT2D eigenvalue weighted by molar-refractivity contribution is 7.81. The number of halogens is 5. The van der Waals surface area contributed by atoms with Crippen LogP contribution in [0.1, 0.15) is 37.4 Å². The van der Waals surface area contributed by atoms with E-state index in [-0.39, 0.29) is 52.4 Å².